The molecule has 0 aliphatic heterocycles. The molecule has 22 heavy (non-hydrogen) atoms. The predicted octanol–water partition coefficient (Wildman–Crippen LogP) is 3.71. The number of nitrogens with one attached hydrogen (secondary N) is 1. The van der Waals surface area contributed by atoms with E-state index in [4.69, 9.17) is 16.3 Å². The Balaban J connectivity index is 1.78. The zero-order chi connectivity index (χ0) is 16.0. The molecule has 0 saturated heterocycles. The maximum Gasteiger partial charge on any atom is 0.250 e. The fourth-order valence-corrected chi connectivity index (χ4v) is 4.67. The maximum absolute atomic E-state index is 12.0. The van der Waals surface area contributed by atoms with E-state index in [1.54, 1.807) is 13.2 Å². The van der Waals surface area contributed by atoms with E-state index in [1.807, 2.05) is 24.3 Å². The molecule has 0 amide bonds. The van der Waals surface area contributed by atoms with Gasteiger partial charge in [0.25, 0.3) is 0 Å². The van der Waals surface area contributed by atoms with Crippen LogP contribution in [0.3, 0.4) is 0 Å². The number of unbranched alkanes of at least 4 members (excludes halogenated alkanes) is 1. The molecule has 1 heterocycles. The monoisotopic (exact) mass is 359 g/mol. The van der Waals surface area contributed by atoms with Gasteiger partial charge in [-0.1, -0.05) is 29.8 Å². The van der Waals surface area contributed by atoms with Gasteiger partial charge in [0.15, 0.2) is 0 Å². The number of halogens is 1. The van der Waals surface area contributed by atoms with Crippen LogP contribution >= 0.6 is 22.9 Å². The van der Waals surface area contributed by atoms with Crippen molar-refractivity contribution in [1.82, 2.24) is 4.72 Å². The van der Waals surface area contributed by atoms with Gasteiger partial charge >= 0.3 is 0 Å². The summed E-state index contributed by atoms with van der Waals surface area (Å²) in [5, 5.41) is 0. The van der Waals surface area contributed by atoms with Crippen LogP contribution in [0.5, 0.6) is 5.75 Å². The first-order valence-electron chi connectivity index (χ1n) is 6.90. The molecule has 0 unspecified atom stereocenters. The number of hydrogen-bond acceptors (Lipinski definition) is 4. The summed E-state index contributed by atoms with van der Waals surface area (Å²) in [6.07, 6.45) is 2.50. The molecule has 2 rings (SSSR count). The van der Waals surface area contributed by atoms with Gasteiger partial charge in [0, 0.05) is 6.54 Å². The number of benzene rings is 1. The standard InChI is InChI=1S/C15H18ClNO3S2/c1-20-13-8-3-2-6-12(13)7-4-5-11-17-22(18,19)15-10-9-14(16)21-15/h2-3,6,8-10,17H,4-5,7,11H2,1H3. The van der Waals surface area contributed by atoms with Crippen LogP contribution in [0.25, 0.3) is 0 Å². The van der Waals surface area contributed by atoms with Crippen LogP contribution in [-0.2, 0) is 16.4 Å². The summed E-state index contributed by atoms with van der Waals surface area (Å²) >= 11 is 6.82. The third-order valence-electron chi connectivity index (χ3n) is 3.17. The van der Waals surface area contributed by atoms with E-state index >= 15 is 0 Å². The number of hydrogen-bond donors (Lipinski definition) is 1. The zero-order valence-electron chi connectivity index (χ0n) is 12.2. The molecule has 0 radical (unpaired) electrons. The Morgan fingerprint density at radius 3 is 2.64 bits per heavy atom. The normalized spacial score (nSPS) is 11.5. The molecule has 0 aliphatic rings. The lowest BCUT2D eigenvalue weighted by Gasteiger charge is -2.08. The summed E-state index contributed by atoms with van der Waals surface area (Å²) in [7, 11) is -1.79. The first-order chi connectivity index (χ1) is 10.5. The quantitative estimate of drug-likeness (QED) is 0.731. The van der Waals surface area contributed by atoms with Gasteiger partial charge in [-0.2, -0.15) is 0 Å². The van der Waals surface area contributed by atoms with Gasteiger partial charge < -0.3 is 4.74 Å². The van der Waals surface area contributed by atoms with Crippen LogP contribution < -0.4 is 9.46 Å². The summed E-state index contributed by atoms with van der Waals surface area (Å²) in [6, 6.07) is 11.0. The molecule has 120 valence electrons. The van der Waals surface area contributed by atoms with Crippen molar-refractivity contribution >= 4 is 33.0 Å². The second-order valence-electron chi connectivity index (χ2n) is 4.73. The van der Waals surface area contributed by atoms with Crippen LogP contribution in [0.4, 0.5) is 0 Å². The first-order valence-corrected chi connectivity index (χ1v) is 9.57. The zero-order valence-corrected chi connectivity index (χ0v) is 14.6. The minimum atomic E-state index is -3.44. The fourth-order valence-electron chi connectivity index (χ4n) is 2.07. The fraction of sp³-hybridized carbons (Fsp3) is 0.333. The molecule has 2 aromatic rings. The first kappa shape index (κ1) is 17.3. The molecule has 7 heteroatoms. The van der Waals surface area contributed by atoms with Crippen molar-refractivity contribution in [2.75, 3.05) is 13.7 Å². The summed E-state index contributed by atoms with van der Waals surface area (Å²) in [4.78, 5) is 0. The van der Waals surface area contributed by atoms with Crippen LogP contribution in [0.1, 0.15) is 18.4 Å². The number of aryl methyl sites for hydroxylation is 1. The third-order valence-corrected chi connectivity index (χ3v) is 6.35. The van der Waals surface area contributed by atoms with Crippen LogP contribution in [-0.4, -0.2) is 22.1 Å². The lowest BCUT2D eigenvalue weighted by Crippen LogP contribution is -2.24. The van der Waals surface area contributed by atoms with Gasteiger partial charge in [0.05, 0.1) is 11.4 Å². The highest BCUT2D eigenvalue weighted by Gasteiger charge is 2.15. The largest absolute Gasteiger partial charge is 0.496 e. The Morgan fingerprint density at radius 2 is 1.95 bits per heavy atom. The molecule has 0 bridgehead atoms. The van der Waals surface area contributed by atoms with Gasteiger partial charge in [0.2, 0.25) is 10.0 Å². The molecule has 1 N–H and O–H groups in total. The Labute approximate surface area is 140 Å². The lowest BCUT2D eigenvalue weighted by atomic mass is 10.1. The average Bonchev–Trinajstić information content (AvgIpc) is 2.95. The van der Waals surface area contributed by atoms with E-state index in [0.717, 1.165) is 41.9 Å². The van der Waals surface area contributed by atoms with Crippen molar-refractivity contribution in [3.8, 4) is 5.75 Å². The van der Waals surface area contributed by atoms with Crippen molar-refractivity contribution in [3.05, 3.63) is 46.3 Å². The smallest absolute Gasteiger partial charge is 0.250 e. The van der Waals surface area contributed by atoms with Crippen molar-refractivity contribution in [2.24, 2.45) is 0 Å². The number of rotatable bonds is 8. The summed E-state index contributed by atoms with van der Waals surface area (Å²) < 4.78 is 32.6. The minimum Gasteiger partial charge on any atom is -0.496 e. The van der Waals surface area contributed by atoms with E-state index in [1.165, 1.54) is 6.07 Å². The highest BCUT2D eigenvalue weighted by molar-refractivity contribution is 7.91. The van der Waals surface area contributed by atoms with Crippen molar-refractivity contribution in [3.63, 3.8) is 0 Å². The summed E-state index contributed by atoms with van der Waals surface area (Å²) in [6.45, 7) is 0.410. The molecular weight excluding hydrogens is 342 g/mol. The van der Waals surface area contributed by atoms with Crippen molar-refractivity contribution in [1.29, 1.82) is 0 Å². The molecule has 0 atom stereocenters. The van der Waals surface area contributed by atoms with E-state index < -0.39 is 10.0 Å². The second kappa shape index (κ2) is 7.97. The SMILES string of the molecule is COc1ccccc1CCCCNS(=O)(=O)c1ccc(Cl)s1. The molecule has 1 aromatic heterocycles. The van der Waals surface area contributed by atoms with Crippen LogP contribution in [0.2, 0.25) is 4.34 Å². The van der Waals surface area contributed by atoms with E-state index in [9.17, 15) is 8.42 Å². The molecule has 1 aromatic carbocycles. The number of para-hydroxylation sites is 1. The second-order valence-corrected chi connectivity index (χ2v) is 8.43. The molecule has 0 fully saturated rings. The molecule has 0 saturated carbocycles. The van der Waals surface area contributed by atoms with E-state index in [0.29, 0.717) is 10.9 Å². The molecule has 4 nitrogen and oxygen atoms in total. The third kappa shape index (κ3) is 4.71. The van der Waals surface area contributed by atoms with Gasteiger partial charge in [-0.3, -0.25) is 0 Å². The van der Waals surface area contributed by atoms with Crippen LogP contribution in [0, 0.1) is 0 Å². The predicted molar refractivity (Wildman–Crippen MR) is 90.4 cm³/mol. The van der Waals surface area contributed by atoms with Crippen molar-refractivity contribution < 1.29 is 13.2 Å². The summed E-state index contributed by atoms with van der Waals surface area (Å²) in [5.41, 5.74) is 1.14. The minimum absolute atomic E-state index is 0.252. The van der Waals surface area contributed by atoms with Gasteiger partial charge in [-0.05, 0) is 43.0 Å². The van der Waals surface area contributed by atoms with Gasteiger partial charge in [-0.15, -0.1) is 11.3 Å². The number of methoxy groups -OCH3 is 1. The Bertz CT molecular complexity index is 713. The van der Waals surface area contributed by atoms with Crippen LogP contribution in [0.15, 0.2) is 40.6 Å². The van der Waals surface area contributed by atoms with Gasteiger partial charge in [0.1, 0.15) is 9.96 Å². The maximum atomic E-state index is 12.0. The Kier molecular flexibility index (Phi) is 6.26. The summed E-state index contributed by atoms with van der Waals surface area (Å²) in [5.74, 6) is 0.872. The van der Waals surface area contributed by atoms with E-state index in [-0.39, 0.29) is 4.21 Å². The Morgan fingerprint density at radius 1 is 1.18 bits per heavy atom. The number of sulfonamides is 1. The van der Waals surface area contributed by atoms with Gasteiger partial charge in [-0.25, -0.2) is 13.1 Å². The number of ether oxygens (including phenoxy) is 1. The molecular formula is C15H18ClNO3S2. The Hall–Kier alpha value is -1.08. The highest BCUT2D eigenvalue weighted by atomic mass is 35.5. The van der Waals surface area contributed by atoms with Crippen molar-refractivity contribution in [2.45, 2.75) is 23.5 Å². The highest BCUT2D eigenvalue weighted by Crippen LogP contribution is 2.25. The van der Waals surface area contributed by atoms with E-state index in [2.05, 4.69) is 4.72 Å². The molecule has 0 aliphatic carbocycles. The average molecular weight is 360 g/mol. The topological polar surface area (TPSA) is 55.4 Å². The number of thiophene rings is 1. The lowest BCUT2D eigenvalue weighted by molar-refractivity contribution is 0.409. The molecule has 0 spiro atoms.